The van der Waals surface area contributed by atoms with E-state index in [9.17, 15) is 0 Å². The van der Waals surface area contributed by atoms with Gasteiger partial charge in [0.2, 0.25) is 0 Å². The van der Waals surface area contributed by atoms with Crippen LogP contribution in [-0.4, -0.2) is 30.6 Å². The molecule has 0 amide bonds. The standard InChI is InChI=1S/C16H21N5S.HI/c17-15(19-13-6-2-1-3-7-13)18-9-8-14-12-22-16(20-14)21-10-4-5-11-21;/h1-3,6-7,12H,4-5,8-11H2,(H3,17,18,19);1H. The monoisotopic (exact) mass is 443 g/mol. The van der Waals surface area contributed by atoms with Crippen molar-refractivity contribution in [1.29, 1.82) is 0 Å². The lowest BCUT2D eigenvalue weighted by Gasteiger charge is -2.12. The fourth-order valence-electron chi connectivity index (χ4n) is 2.46. The second-order valence-electron chi connectivity index (χ2n) is 5.32. The Morgan fingerprint density at radius 3 is 2.74 bits per heavy atom. The van der Waals surface area contributed by atoms with Gasteiger partial charge in [-0.05, 0) is 25.0 Å². The number of halogens is 1. The molecule has 0 bridgehead atoms. The minimum absolute atomic E-state index is 0. The summed E-state index contributed by atoms with van der Waals surface area (Å²) >= 11 is 1.73. The summed E-state index contributed by atoms with van der Waals surface area (Å²) in [5.41, 5.74) is 7.94. The summed E-state index contributed by atoms with van der Waals surface area (Å²) in [6.07, 6.45) is 3.38. The van der Waals surface area contributed by atoms with Crippen LogP contribution in [0, 0.1) is 0 Å². The number of nitrogens with zero attached hydrogens (tertiary/aromatic N) is 3. The lowest BCUT2D eigenvalue weighted by molar-refractivity contribution is 0.907. The first kappa shape index (κ1) is 18.0. The van der Waals surface area contributed by atoms with Crippen molar-refractivity contribution >= 4 is 52.1 Å². The summed E-state index contributed by atoms with van der Waals surface area (Å²) in [6, 6.07) is 9.82. The van der Waals surface area contributed by atoms with Crippen molar-refractivity contribution in [1.82, 2.24) is 4.98 Å². The number of aliphatic imine (C=N–C) groups is 1. The Morgan fingerprint density at radius 2 is 2.00 bits per heavy atom. The third-order valence-corrected chi connectivity index (χ3v) is 4.56. The number of nitrogens with one attached hydrogen (secondary N) is 1. The average molecular weight is 443 g/mol. The number of rotatable bonds is 5. The van der Waals surface area contributed by atoms with E-state index in [4.69, 9.17) is 5.73 Å². The van der Waals surface area contributed by atoms with Gasteiger partial charge < -0.3 is 16.0 Å². The normalized spacial score (nSPS) is 14.6. The van der Waals surface area contributed by atoms with Crippen molar-refractivity contribution in [2.75, 3.05) is 29.9 Å². The van der Waals surface area contributed by atoms with Gasteiger partial charge in [-0.25, -0.2) is 4.98 Å². The van der Waals surface area contributed by atoms with E-state index < -0.39 is 0 Å². The van der Waals surface area contributed by atoms with E-state index in [-0.39, 0.29) is 24.0 Å². The van der Waals surface area contributed by atoms with Gasteiger partial charge in [-0.15, -0.1) is 35.3 Å². The molecule has 0 aliphatic carbocycles. The number of hydrogen-bond acceptors (Lipinski definition) is 4. The second-order valence-corrected chi connectivity index (χ2v) is 6.16. The quantitative estimate of drug-likeness (QED) is 0.423. The minimum atomic E-state index is 0. The third kappa shape index (κ3) is 5.35. The molecule has 1 saturated heterocycles. The molecule has 124 valence electrons. The highest BCUT2D eigenvalue weighted by molar-refractivity contribution is 14.0. The number of benzene rings is 1. The van der Waals surface area contributed by atoms with Crippen LogP contribution in [0.15, 0.2) is 40.7 Å². The molecule has 2 aromatic rings. The van der Waals surface area contributed by atoms with Crippen molar-refractivity contribution in [3.05, 3.63) is 41.4 Å². The van der Waals surface area contributed by atoms with Gasteiger partial charge in [-0.2, -0.15) is 0 Å². The number of hydrogen-bond donors (Lipinski definition) is 2. The van der Waals surface area contributed by atoms with Crippen molar-refractivity contribution in [2.45, 2.75) is 19.3 Å². The number of aromatic nitrogens is 1. The molecule has 3 rings (SSSR count). The Bertz CT molecular complexity index is 622. The Labute approximate surface area is 158 Å². The maximum absolute atomic E-state index is 5.89. The lowest BCUT2D eigenvalue weighted by atomic mass is 10.3. The molecule has 0 spiro atoms. The topological polar surface area (TPSA) is 66.5 Å². The van der Waals surface area contributed by atoms with Crippen LogP contribution in [0.25, 0.3) is 0 Å². The number of guanidine groups is 1. The summed E-state index contributed by atoms with van der Waals surface area (Å²) in [7, 11) is 0. The van der Waals surface area contributed by atoms with Crippen LogP contribution in [0.1, 0.15) is 18.5 Å². The van der Waals surface area contributed by atoms with Crippen molar-refractivity contribution in [3.63, 3.8) is 0 Å². The smallest absolute Gasteiger partial charge is 0.193 e. The molecular weight excluding hydrogens is 421 g/mol. The molecule has 23 heavy (non-hydrogen) atoms. The van der Waals surface area contributed by atoms with Crippen molar-refractivity contribution in [2.24, 2.45) is 10.7 Å². The first-order chi connectivity index (χ1) is 10.8. The SMILES string of the molecule is I.NC(=NCCc1csc(N2CCCC2)n1)Nc1ccccc1. The predicted octanol–water partition coefficient (Wildman–Crippen LogP) is 3.33. The molecule has 3 N–H and O–H groups in total. The summed E-state index contributed by atoms with van der Waals surface area (Å²) in [6.45, 7) is 2.92. The number of nitrogens with two attached hydrogens (primary N) is 1. The Balaban J connectivity index is 0.00000192. The predicted molar refractivity (Wildman–Crippen MR) is 109 cm³/mol. The Morgan fingerprint density at radius 1 is 1.26 bits per heavy atom. The van der Waals surface area contributed by atoms with Crippen LogP contribution in [0.2, 0.25) is 0 Å². The molecule has 1 aromatic carbocycles. The van der Waals surface area contributed by atoms with Crippen molar-refractivity contribution in [3.8, 4) is 0 Å². The highest BCUT2D eigenvalue weighted by Gasteiger charge is 2.15. The Hall–Kier alpha value is -1.35. The highest BCUT2D eigenvalue weighted by atomic mass is 127. The Kier molecular flexibility index (Phi) is 7.10. The van der Waals surface area contributed by atoms with E-state index in [0.29, 0.717) is 12.5 Å². The average Bonchev–Trinajstić information content (AvgIpc) is 3.19. The molecule has 0 unspecified atom stereocenters. The summed E-state index contributed by atoms with van der Waals surface area (Å²) in [4.78, 5) is 11.4. The summed E-state index contributed by atoms with van der Waals surface area (Å²) < 4.78 is 0. The van der Waals surface area contributed by atoms with Crippen LogP contribution in [0.3, 0.4) is 0 Å². The van der Waals surface area contributed by atoms with Crippen LogP contribution < -0.4 is 16.0 Å². The molecule has 1 aromatic heterocycles. The maximum Gasteiger partial charge on any atom is 0.193 e. The van der Waals surface area contributed by atoms with E-state index in [1.165, 1.54) is 12.8 Å². The second kappa shape index (κ2) is 9.07. The van der Waals surface area contributed by atoms with Crippen molar-refractivity contribution < 1.29 is 0 Å². The summed E-state index contributed by atoms with van der Waals surface area (Å²) in [5.74, 6) is 0.446. The van der Waals surface area contributed by atoms with Gasteiger partial charge in [-0.3, -0.25) is 4.99 Å². The zero-order valence-corrected chi connectivity index (χ0v) is 16.1. The van der Waals surface area contributed by atoms with Gasteiger partial charge in [-0.1, -0.05) is 18.2 Å². The fraction of sp³-hybridized carbons (Fsp3) is 0.375. The largest absolute Gasteiger partial charge is 0.370 e. The zero-order chi connectivity index (χ0) is 15.2. The first-order valence-electron chi connectivity index (χ1n) is 7.62. The van der Waals surface area contributed by atoms with Crippen LogP contribution in [0.5, 0.6) is 0 Å². The van der Waals surface area contributed by atoms with Crippen LogP contribution >= 0.6 is 35.3 Å². The van der Waals surface area contributed by atoms with Gasteiger partial charge in [0.1, 0.15) is 0 Å². The maximum atomic E-state index is 5.89. The molecule has 0 atom stereocenters. The number of thiazole rings is 1. The molecule has 5 nitrogen and oxygen atoms in total. The molecular formula is C16H22IN5S. The lowest BCUT2D eigenvalue weighted by Crippen LogP contribution is -2.23. The van der Waals surface area contributed by atoms with Gasteiger partial charge in [0.25, 0.3) is 0 Å². The van der Waals surface area contributed by atoms with E-state index in [0.717, 1.165) is 36.0 Å². The molecule has 7 heteroatoms. The van der Waals surface area contributed by atoms with Gasteiger partial charge >= 0.3 is 0 Å². The molecule has 2 heterocycles. The van der Waals surface area contributed by atoms with E-state index in [1.807, 2.05) is 30.3 Å². The third-order valence-electron chi connectivity index (χ3n) is 3.61. The molecule has 0 saturated carbocycles. The molecule has 1 fully saturated rings. The highest BCUT2D eigenvalue weighted by Crippen LogP contribution is 2.24. The molecule has 1 aliphatic rings. The molecule has 0 radical (unpaired) electrons. The zero-order valence-electron chi connectivity index (χ0n) is 12.9. The number of para-hydroxylation sites is 1. The van der Waals surface area contributed by atoms with Crippen LogP contribution in [0.4, 0.5) is 10.8 Å². The van der Waals surface area contributed by atoms with E-state index in [1.54, 1.807) is 11.3 Å². The first-order valence-corrected chi connectivity index (χ1v) is 8.50. The van der Waals surface area contributed by atoms with E-state index in [2.05, 4.69) is 25.6 Å². The van der Waals surface area contributed by atoms with E-state index >= 15 is 0 Å². The van der Waals surface area contributed by atoms with Gasteiger partial charge in [0.05, 0.1) is 5.69 Å². The minimum Gasteiger partial charge on any atom is -0.370 e. The van der Waals surface area contributed by atoms with Gasteiger partial charge in [0.15, 0.2) is 11.1 Å². The number of anilines is 2. The van der Waals surface area contributed by atoms with Crippen LogP contribution in [-0.2, 0) is 6.42 Å². The fourth-order valence-corrected chi connectivity index (χ4v) is 3.38. The van der Waals surface area contributed by atoms with Gasteiger partial charge in [0, 0.05) is 37.1 Å². The summed E-state index contributed by atoms with van der Waals surface area (Å²) in [5, 5.41) is 6.35. The molecule has 1 aliphatic heterocycles.